The van der Waals surface area contributed by atoms with Crippen molar-refractivity contribution in [3.8, 4) is 0 Å². The van der Waals surface area contributed by atoms with Gasteiger partial charge in [0.1, 0.15) is 0 Å². The number of aromatic nitrogens is 1. The highest BCUT2D eigenvalue weighted by Crippen LogP contribution is 2.31. The molecule has 0 fully saturated rings. The Bertz CT molecular complexity index is 507. The number of thiol groups is 1. The second-order valence-electron chi connectivity index (χ2n) is 3.61. The first-order chi connectivity index (χ1) is 7.15. The van der Waals surface area contributed by atoms with Gasteiger partial charge in [-0.25, -0.2) is 0 Å². The molecule has 0 amide bonds. The van der Waals surface area contributed by atoms with Crippen molar-refractivity contribution in [1.82, 2.24) is 5.16 Å². The topological polar surface area (TPSA) is 26.0 Å². The number of benzene rings is 1. The largest absolute Gasteiger partial charge is 0.355 e. The summed E-state index contributed by atoms with van der Waals surface area (Å²) in [6.07, 6.45) is 0.838. The third-order valence-corrected chi connectivity index (χ3v) is 3.81. The zero-order chi connectivity index (χ0) is 11.0. The molecule has 0 saturated carbocycles. The monoisotopic (exact) mass is 285 g/mol. The summed E-state index contributed by atoms with van der Waals surface area (Å²) in [5.74, 6) is 0.784. The van der Waals surface area contributed by atoms with Crippen molar-refractivity contribution in [2.75, 3.05) is 5.75 Å². The van der Waals surface area contributed by atoms with Crippen molar-refractivity contribution in [3.63, 3.8) is 0 Å². The normalized spacial score (nSPS) is 11.2. The van der Waals surface area contributed by atoms with Gasteiger partial charge in [-0.3, -0.25) is 0 Å². The molecule has 80 valence electrons. The van der Waals surface area contributed by atoms with Crippen LogP contribution in [0.5, 0.6) is 0 Å². The van der Waals surface area contributed by atoms with E-state index in [0.717, 1.165) is 33.3 Å². The first-order valence-electron chi connectivity index (χ1n) is 4.80. The summed E-state index contributed by atoms with van der Waals surface area (Å²) in [6.45, 7) is 4.16. The van der Waals surface area contributed by atoms with Gasteiger partial charge in [0.15, 0.2) is 5.58 Å². The van der Waals surface area contributed by atoms with E-state index in [0.29, 0.717) is 0 Å². The minimum absolute atomic E-state index is 0.784. The molecule has 0 N–H and O–H groups in total. The second kappa shape index (κ2) is 4.18. The molecular formula is C11H12BrNOS. The Hall–Kier alpha value is -0.480. The molecule has 0 saturated heterocycles. The van der Waals surface area contributed by atoms with Crippen LogP contribution in [0.1, 0.15) is 16.8 Å². The first-order valence-corrected chi connectivity index (χ1v) is 6.22. The molecule has 4 heteroatoms. The molecule has 0 unspecified atom stereocenters. The van der Waals surface area contributed by atoms with Crippen LogP contribution in [0.15, 0.2) is 15.1 Å². The van der Waals surface area contributed by atoms with Crippen LogP contribution in [0.4, 0.5) is 0 Å². The zero-order valence-corrected chi connectivity index (χ0v) is 11.2. The number of hydrogen-bond donors (Lipinski definition) is 1. The van der Waals surface area contributed by atoms with Crippen LogP contribution in [0.3, 0.4) is 0 Å². The summed E-state index contributed by atoms with van der Waals surface area (Å²) in [7, 11) is 0. The minimum Gasteiger partial charge on any atom is -0.355 e. The van der Waals surface area contributed by atoms with E-state index in [1.165, 1.54) is 11.1 Å². The van der Waals surface area contributed by atoms with E-state index >= 15 is 0 Å². The SMILES string of the molecule is Cc1cc2c(CCS)noc2c(Br)c1C. The van der Waals surface area contributed by atoms with Gasteiger partial charge >= 0.3 is 0 Å². The Morgan fingerprint density at radius 1 is 1.47 bits per heavy atom. The molecule has 1 aromatic carbocycles. The van der Waals surface area contributed by atoms with Crippen LogP contribution < -0.4 is 0 Å². The summed E-state index contributed by atoms with van der Waals surface area (Å²) in [5.41, 5.74) is 4.28. The Morgan fingerprint density at radius 2 is 2.20 bits per heavy atom. The Kier molecular flexibility index (Phi) is 3.07. The van der Waals surface area contributed by atoms with Gasteiger partial charge in [-0.15, -0.1) is 0 Å². The number of aryl methyl sites for hydroxylation is 2. The van der Waals surface area contributed by atoms with Crippen LogP contribution in [0, 0.1) is 13.8 Å². The lowest BCUT2D eigenvalue weighted by Crippen LogP contribution is -1.88. The number of hydrogen-bond acceptors (Lipinski definition) is 3. The lowest BCUT2D eigenvalue weighted by Gasteiger charge is -2.02. The summed E-state index contributed by atoms with van der Waals surface area (Å²) in [5, 5.41) is 5.17. The summed E-state index contributed by atoms with van der Waals surface area (Å²) in [6, 6.07) is 2.13. The van der Waals surface area contributed by atoms with Crippen LogP contribution in [-0.2, 0) is 6.42 Å². The van der Waals surface area contributed by atoms with Crippen molar-refractivity contribution in [2.45, 2.75) is 20.3 Å². The van der Waals surface area contributed by atoms with E-state index in [-0.39, 0.29) is 0 Å². The molecule has 2 aromatic rings. The molecule has 0 bridgehead atoms. The van der Waals surface area contributed by atoms with E-state index in [1.54, 1.807) is 0 Å². The predicted molar refractivity (Wildman–Crippen MR) is 68.7 cm³/mol. The molecule has 0 radical (unpaired) electrons. The highest BCUT2D eigenvalue weighted by Gasteiger charge is 2.13. The predicted octanol–water partition coefficient (Wildman–Crippen LogP) is 3.68. The lowest BCUT2D eigenvalue weighted by atomic mass is 10.1. The first kappa shape index (κ1) is 11.0. The highest BCUT2D eigenvalue weighted by molar-refractivity contribution is 9.10. The van der Waals surface area contributed by atoms with Crippen LogP contribution in [0.2, 0.25) is 0 Å². The molecule has 0 spiro atoms. The Balaban J connectivity index is 2.71. The molecule has 2 nitrogen and oxygen atoms in total. The van der Waals surface area contributed by atoms with Crippen LogP contribution in [-0.4, -0.2) is 10.9 Å². The van der Waals surface area contributed by atoms with E-state index < -0.39 is 0 Å². The molecule has 0 aliphatic rings. The highest BCUT2D eigenvalue weighted by atomic mass is 79.9. The fourth-order valence-corrected chi connectivity index (χ4v) is 2.40. The van der Waals surface area contributed by atoms with Crippen molar-refractivity contribution in [2.24, 2.45) is 0 Å². The molecule has 2 rings (SSSR count). The third-order valence-electron chi connectivity index (χ3n) is 2.63. The van der Waals surface area contributed by atoms with Crippen LogP contribution in [0.25, 0.3) is 11.0 Å². The summed E-state index contributed by atoms with van der Waals surface area (Å²) >= 11 is 7.75. The minimum atomic E-state index is 0.784. The maximum absolute atomic E-state index is 5.34. The molecule has 0 aliphatic carbocycles. The Morgan fingerprint density at radius 3 is 2.87 bits per heavy atom. The van der Waals surface area contributed by atoms with E-state index in [9.17, 15) is 0 Å². The molecule has 0 atom stereocenters. The smallest absolute Gasteiger partial charge is 0.181 e. The maximum Gasteiger partial charge on any atom is 0.181 e. The standard InChI is InChI=1S/C11H12BrNOS/c1-6-5-8-9(3-4-15)13-14-11(8)10(12)7(6)2/h5,15H,3-4H2,1-2H3. The van der Waals surface area contributed by atoms with E-state index in [2.05, 4.69) is 53.6 Å². The fraction of sp³-hybridized carbons (Fsp3) is 0.364. The number of rotatable bonds is 2. The second-order valence-corrected chi connectivity index (χ2v) is 4.85. The van der Waals surface area contributed by atoms with Crippen molar-refractivity contribution >= 4 is 39.5 Å². The fourth-order valence-electron chi connectivity index (χ4n) is 1.59. The summed E-state index contributed by atoms with van der Waals surface area (Å²) in [4.78, 5) is 0. The van der Waals surface area contributed by atoms with Gasteiger partial charge in [0, 0.05) is 11.8 Å². The Labute approximate surface area is 103 Å². The van der Waals surface area contributed by atoms with Crippen LogP contribution >= 0.6 is 28.6 Å². The molecule has 1 heterocycles. The quantitative estimate of drug-likeness (QED) is 0.852. The molecule has 1 aromatic heterocycles. The van der Waals surface area contributed by atoms with Crippen molar-refractivity contribution in [3.05, 3.63) is 27.4 Å². The molecule has 0 aliphatic heterocycles. The maximum atomic E-state index is 5.34. The van der Waals surface area contributed by atoms with E-state index in [4.69, 9.17) is 4.52 Å². The van der Waals surface area contributed by atoms with Gasteiger partial charge < -0.3 is 4.52 Å². The van der Waals surface area contributed by atoms with Crippen molar-refractivity contribution < 1.29 is 4.52 Å². The zero-order valence-electron chi connectivity index (χ0n) is 8.67. The van der Waals surface area contributed by atoms with Gasteiger partial charge in [-0.05, 0) is 52.7 Å². The number of halogens is 1. The van der Waals surface area contributed by atoms with E-state index in [1.807, 2.05) is 0 Å². The summed E-state index contributed by atoms with van der Waals surface area (Å²) < 4.78 is 6.35. The van der Waals surface area contributed by atoms with Gasteiger partial charge in [0.2, 0.25) is 0 Å². The average molecular weight is 286 g/mol. The van der Waals surface area contributed by atoms with Gasteiger partial charge in [0.25, 0.3) is 0 Å². The number of fused-ring (bicyclic) bond motifs is 1. The third kappa shape index (κ3) is 1.81. The number of nitrogens with zero attached hydrogens (tertiary/aromatic N) is 1. The van der Waals surface area contributed by atoms with Gasteiger partial charge in [-0.2, -0.15) is 12.6 Å². The average Bonchev–Trinajstić information content (AvgIpc) is 2.59. The molecule has 15 heavy (non-hydrogen) atoms. The van der Waals surface area contributed by atoms with Gasteiger partial charge in [-0.1, -0.05) is 5.16 Å². The van der Waals surface area contributed by atoms with Gasteiger partial charge in [0.05, 0.1) is 10.2 Å². The molecular weight excluding hydrogens is 274 g/mol. The lowest BCUT2D eigenvalue weighted by molar-refractivity contribution is 0.446. The van der Waals surface area contributed by atoms with Crippen molar-refractivity contribution in [1.29, 1.82) is 0 Å².